The van der Waals surface area contributed by atoms with Crippen LogP contribution in [0, 0.1) is 0 Å². The van der Waals surface area contributed by atoms with Crippen LogP contribution in [-0.2, 0) is 17.3 Å². The van der Waals surface area contributed by atoms with Gasteiger partial charge in [-0.05, 0) is 81.0 Å². The molecule has 1 amide bonds. The van der Waals surface area contributed by atoms with E-state index in [-0.39, 0.29) is 17.0 Å². The quantitative estimate of drug-likeness (QED) is 0.434. The molecular formula is C26H28ClF3N2O2. The number of carbonyl (C=O) groups is 1. The Hall–Kier alpha value is -2.41. The lowest BCUT2D eigenvalue weighted by Crippen LogP contribution is -2.49. The van der Waals surface area contributed by atoms with Crippen molar-refractivity contribution in [1.82, 2.24) is 4.90 Å². The second-order valence-corrected chi connectivity index (χ2v) is 10.9. The Morgan fingerprint density at radius 1 is 1.12 bits per heavy atom. The third-order valence-electron chi connectivity index (χ3n) is 6.99. The Bertz CT molecular complexity index is 1140. The van der Waals surface area contributed by atoms with Crippen LogP contribution < -0.4 is 4.90 Å². The molecule has 0 bridgehead atoms. The first-order valence-electron chi connectivity index (χ1n) is 11.7. The van der Waals surface area contributed by atoms with E-state index in [0.717, 1.165) is 49.1 Å². The van der Waals surface area contributed by atoms with E-state index < -0.39 is 17.3 Å². The predicted octanol–water partition coefficient (Wildman–Crippen LogP) is 6.89. The van der Waals surface area contributed by atoms with Gasteiger partial charge < -0.3 is 14.5 Å². The number of likely N-dealkylation sites (tertiary alicyclic amines) is 1. The minimum atomic E-state index is -4.44. The molecule has 182 valence electrons. The van der Waals surface area contributed by atoms with Crippen LogP contribution in [0.4, 0.5) is 23.7 Å². The Balaban J connectivity index is 1.52. The van der Waals surface area contributed by atoms with Gasteiger partial charge in [0.15, 0.2) is 0 Å². The van der Waals surface area contributed by atoms with Crippen molar-refractivity contribution in [1.29, 1.82) is 0 Å². The van der Waals surface area contributed by atoms with Gasteiger partial charge >= 0.3 is 12.3 Å². The molecular weight excluding hydrogens is 465 g/mol. The zero-order chi connectivity index (χ0) is 24.4. The van der Waals surface area contributed by atoms with E-state index in [0.29, 0.717) is 24.7 Å². The number of ether oxygens (including phenoxy) is 1. The summed E-state index contributed by atoms with van der Waals surface area (Å²) in [5, 5.41) is 0.0863. The fourth-order valence-electron chi connectivity index (χ4n) is 5.62. The predicted molar refractivity (Wildman–Crippen MR) is 127 cm³/mol. The molecule has 8 heteroatoms. The van der Waals surface area contributed by atoms with Crippen molar-refractivity contribution in [3.05, 3.63) is 52.0 Å². The summed E-state index contributed by atoms with van der Waals surface area (Å²) in [6.07, 6.45) is -1.94. The van der Waals surface area contributed by atoms with Gasteiger partial charge in [-0.2, -0.15) is 13.2 Å². The summed E-state index contributed by atoms with van der Waals surface area (Å²) in [5.41, 5.74) is 3.69. The lowest BCUT2D eigenvalue weighted by molar-refractivity contribution is -0.137. The maximum absolute atomic E-state index is 13.1. The summed E-state index contributed by atoms with van der Waals surface area (Å²) in [7, 11) is 0. The highest BCUT2D eigenvalue weighted by atomic mass is 35.5. The summed E-state index contributed by atoms with van der Waals surface area (Å²) in [6.45, 7) is 7.77. The molecule has 4 nitrogen and oxygen atoms in total. The zero-order valence-corrected chi connectivity index (χ0v) is 20.3. The van der Waals surface area contributed by atoms with Gasteiger partial charge in [0.2, 0.25) is 0 Å². The summed E-state index contributed by atoms with van der Waals surface area (Å²) in [6, 6.07) is 7.99. The van der Waals surface area contributed by atoms with Crippen molar-refractivity contribution in [2.75, 3.05) is 24.5 Å². The van der Waals surface area contributed by atoms with Gasteiger partial charge in [0, 0.05) is 47.9 Å². The van der Waals surface area contributed by atoms with E-state index in [2.05, 4.69) is 17.0 Å². The van der Waals surface area contributed by atoms with E-state index in [9.17, 15) is 18.0 Å². The molecule has 0 N–H and O–H groups in total. The van der Waals surface area contributed by atoms with Crippen LogP contribution >= 0.6 is 11.6 Å². The molecule has 0 radical (unpaired) electrons. The first kappa shape index (κ1) is 23.3. The van der Waals surface area contributed by atoms with Crippen LogP contribution in [0.1, 0.15) is 56.2 Å². The fraction of sp³-hybridized carbons (Fsp3) is 0.500. The lowest BCUT2D eigenvalue weighted by Gasteiger charge is -2.40. The third-order valence-corrected chi connectivity index (χ3v) is 7.30. The van der Waals surface area contributed by atoms with Crippen molar-refractivity contribution < 1.29 is 22.7 Å². The zero-order valence-electron chi connectivity index (χ0n) is 19.5. The molecule has 0 unspecified atom stereocenters. The highest BCUT2D eigenvalue weighted by molar-refractivity contribution is 6.33. The fourth-order valence-corrected chi connectivity index (χ4v) is 5.91. The number of aryl methyl sites for hydroxylation is 1. The number of halogens is 4. The Kier molecular flexibility index (Phi) is 5.54. The maximum Gasteiger partial charge on any atom is 0.416 e. The molecule has 2 aromatic rings. The number of hydrogen-bond donors (Lipinski definition) is 0. The van der Waals surface area contributed by atoms with Crippen molar-refractivity contribution in [3.63, 3.8) is 0 Å². The number of carbonyl (C=O) groups excluding carboxylic acids is 1. The Labute approximate surface area is 202 Å². The number of benzene rings is 2. The van der Waals surface area contributed by atoms with Gasteiger partial charge in [0.25, 0.3) is 0 Å². The molecule has 3 aliphatic rings. The molecule has 34 heavy (non-hydrogen) atoms. The van der Waals surface area contributed by atoms with Crippen LogP contribution in [0.15, 0.2) is 30.3 Å². The summed E-state index contributed by atoms with van der Waals surface area (Å²) in [5.74, 6) is 0.126. The first-order chi connectivity index (χ1) is 15.9. The molecule has 2 atom stereocenters. The SMILES string of the molecule is CC(C)(C)OC(=O)N1CC[C@@H]2[C@H](C1)c1cc(-c3ccc(C(F)(F)F)cc3Cl)cc3c1N2CCC3. The molecule has 2 aromatic carbocycles. The number of rotatable bonds is 1. The Morgan fingerprint density at radius 3 is 2.56 bits per heavy atom. The minimum absolute atomic E-state index is 0.0863. The molecule has 0 saturated carbocycles. The standard InChI is InChI=1S/C26H28ClF3N2O2/c1-25(2,3)34-24(33)31-10-8-22-20(14-31)19-12-16(11-15-5-4-9-32(22)23(15)19)18-7-6-17(13-21(18)27)26(28,29)30/h6-7,11-13,20,22H,4-5,8-10,14H2,1-3H3/t20-,22-/m1/s1. The molecule has 3 heterocycles. The van der Waals surface area contributed by atoms with Crippen LogP contribution in [0.2, 0.25) is 5.02 Å². The largest absolute Gasteiger partial charge is 0.444 e. The van der Waals surface area contributed by atoms with Gasteiger partial charge in [-0.15, -0.1) is 0 Å². The van der Waals surface area contributed by atoms with Crippen molar-refractivity contribution in [2.45, 2.75) is 63.8 Å². The molecule has 0 aliphatic carbocycles. The smallest absolute Gasteiger partial charge is 0.416 e. The second kappa shape index (κ2) is 8.08. The normalized spacial score (nSPS) is 21.9. The average Bonchev–Trinajstić information content (AvgIpc) is 3.06. The Morgan fingerprint density at radius 2 is 1.88 bits per heavy atom. The third kappa shape index (κ3) is 4.12. The van der Waals surface area contributed by atoms with E-state index in [1.807, 2.05) is 20.8 Å². The monoisotopic (exact) mass is 492 g/mol. The first-order valence-corrected chi connectivity index (χ1v) is 12.1. The summed E-state index contributed by atoms with van der Waals surface area (Å²) in [4.78, 5) is 17.0. The van der Waals surface area contributed by atoms with Gasteiger partial charge in [-0.1, -0.05) is 17.7 Å². The molecule has 1 saturated heterocycles. The second-order valence-electron chi connectivity index (χ2n) is 10.5. The molecule has 3 aliphatic heterocycles. The highest BCUT2D eigenvalue weighted by Crippen LogP contribution is 2.50. The van der Waals surface area contributed by atoms with Crippen LogP contribution in [0.3, 0.4) is 0 Å². The summed E-state index contributed by atoms with van der Waals surface area (Å²) >= 11 is 6.34. The van der Waals surface area contributed by atoms with Gasteiger partial charge in [0.05, 0.1) is 5.56 Å². The van der Waals surface area contributed by atoms with Crippen LogP contribution in [0.5, 0.6) is 0 Å². The number of nitrogens with zero attached hydrogens (tertiary/aromatic N) is 2. The van der Waals surface area contributed by atoms with Gasteiger partial charge in [0.1, 0.15) is 5.60 Å². The lowest BCUT2D eigenvalue weighted by atomic mass is 9.86. The molecule has 0 aromatic heterocycles. The number of piperidine rings is 1. The van der Waals surface area contributed by atoms with E-state index in [1.165, 1.54) is 17.3 Å². The topological polar surface area (TPSA) is 32.8 Å². The molecule has 1 fully saturated rings. The van der Waals surface area contributed by atoms with Crippen molar-refractivity contribution in [3.8, 4) is 11.1 Å². The number of alkyl halides is 3. The molecule has 0 spiro atoms. The van der Waals surface area contributed by atoms with Crippen molar-refractivity contribution >= 4 is 23.4 Å². The summed E-state index contributed by atoms with van der Waals surface area (Å²) < 4.78 is 45.0. The van der Waals surface area contributed by atoms with E-state index in [1.54, 1.807) is 4.90 Å². The maximum atomic E-state index is 13.1. The van der Waals surface area contributed by atoms with E-state index >= 15 is 0 Å². The van der Waals surface area contributed by atoms with Crippen molar-refractivity contribution in [2.24, 2.45) is 0 Å². The van der Waals surface area contributed by atoms with E-state index in [4.69, 9.17) is 16.3 Å². The van der Waals surface area contributed by atoms with Crippen LogP contribution in [-0.4, -0.2) is 42.3 Å². The minimum Gasteiger partial charge on any atom is -0.444 e. The molecule has 5 rings (SSSR count). The number of anilines is 1. The van der Waals surface area contributed by atoms with Gasteiger partial charge in [-0.25, -0.2) is 4.79 Å². The number of hydrogen-bond acceptors (Lipinski definition) is 3. The highest BCUT2D eigenvalue weighted by Gasteiger charge is 2.45. The average molecular weight is 493 g/mol. The van der Waals surface area contributed by atoms with Crippen LogP contribution in [0.25, 0.3) is 11.1 Å². The van der Waals surface area contributed by atoms with Gasteiger partial charge in [-0.3, -0.25) is 0 Å². The number of fused-ring (bicyclic) bond motifs is 3. The number of amides is 1.